The molecule has 0 radical (unpaired) electrons. The highest BCUT2D eigenvalue weighted by atomic mass is 16.6. The predicted molar refractivity (Wildman–Crippen MR) is 153 cm³/mol. The summed E-state index contributed by atoms with van der Waals surface area (Å²) >= 11 is 0. The molecule has 1 heterocycles. The zero-order valence-corrected chi connectivity index (χ0v) is 23.7. The van der Waals surface area contributed by atoms with Gasteiger partial charge in [0, 0.05) is 24.0 Å². The zero-order chi connectivity index (χ0) is 30.6. The first-order chi connectivity index (χ1) is 20.6. The van der Waals surface area contributed by atoms with Gasteiger partial charge in [0.1, 0.15) is 17.5 Å². The Morgan fingerprint density at radius 2 is 1.42 bits per heavy atom. The number of nitro benzene ring substituents is 1. The summed E-state index contributed by atoms with van der Waals surface area (Å²) in [5, 5.41) is 13.8. The molecule has 1 N–H and O–H groups in total. The van der Waals surface area contributed by atoms with Crippen molar-refractivity contribution in [3.63, 3.8) is 0 Å². The molecular formula is C32H29N3O8. The van der Waals surface area contributed by atoms with Gasteiger partial charge in [-0.1, -0.05) is 62.4 Å². The van der Waals surface area contributed by atoms with Crippen molar-refractivity contribution in [3.8, 4) is 5.75 Å². The smallest absolute Gasteiger partial charge is 0.330 e. The van der Waals surface area contributed by atoms with E-state index >= 15 is 0 Å². The number of carbonyl (C=O) groups is 4. The van der Waals surface area contributed by atoms with E-state index in [1.807, 2.05) is 48.5 Å². The zero-order valence-electron chi connectivity index (χ0n) is 23.7. The third-order valence-corrected chi connectivity index (χ3v) is 8.65. The molecule has 1 aliphatic heterocycles. The first-order valence-corrected chi connectivity index (χ1v) is 14.0. The quantitative estimate of drug-likeness (QED) is 0.181. The van der Waals surface area contributed by atoms with E-state index in [9.17, 15) is 29.3 Å². The van der Waals surface area contributed by atoms with Crippen LogP contribution in [-0.4, -0.2) is 53.3 Å². The van der Waals surface area contributed by atoms with Gasteiger partial charge >= 0.3 is 5.97 Å². The second-order valence-electron chi connectivity index (χ2n) is 11.3. The van der Waals surface area contributed by atoms with Crippen LogP contribution in [-0.2, 0) is 23.9 Å². The number of hydrogen-bond donors (Lipinski definition) is 1. The Labute approximate surface area is 246 Å². The fourth-order valence-electron chi connectivity index (χ4n) is 6.96. The van der Waals surface area contributed by atoms with Gasteiger partial charge in [-0.3, -0.25) is 29.4 Å². The lowest BCUT2D eigenvalue weighted by Crippen LogP contribution is -2.49. The molecule has 3 amide bonds. The highest BCUT2D eigenvalue weighted by molar-refractivity contribution is 6.10. The van der Waals surface area contributed by atoms with E-state index in [0.29, 0.717) is 0 Å². The summed E-state index contributed by atoms with van der Waals surface area (Å²) in [6, 6.07) is 18.3. The number of likely N-dealkylation sites (tertiary alicyclic amines) is 1. The SMILES string of the molecule is COc1ccc([N+](=O)[O-])c(NC(=O)COC(=O)[C@H](C(C)C)N2C(=O)[C@@H]3C4c5ccccc5C(c5ccccc54)[C@@H]3C2=O)c1. The largest absolute Gasteiger partial charge is 0.497 e. The van der Waals surface area contributed by atoms with Gasteiger partial charge in [-0.15, -0.1) is 0 Å². The van der Waals surface area contributed by atoms with Crippen LogP contribution in [0.2, 0.25) is 0 Å². The Balaban J connectivity index is 1.24. The first-order valence-electron chi connectivity index (χ1n) is 14.0. The van der Waals surface area contributed by atoms with Crippen LogP contribution in [0.5, 0.6) is 5.75 Å². The van der Waals surface area contributed by atoms with Gasteiger partial charge in [0.25, 0.3) is 11.6 Å². The number of anilines is 1. The van der Waals surface area contributed by atoms with Crippen molar-refractivity contribution in [2.45, 2.75) is 31.7 Å². The van der Waals surface area contributed by atoms with Gasteiger partial charge in [0.05, 0.1) is 23.9 Å². The highest BCUT2D eigenvalue weighted by Crippen LogP contribution is 2.61. The summed E-state index contributed by atoms with van der Waals surface area (Å²) in [7, 11) is 1.38. The van der Waals surface area contributed by atoms with E-state index < -0.39 is 59.0 Å². The molecule has 3 aliphatic carbocycles. The number of rotatable bonds is 8. The molecule has 4 aliphatic rings. The van der Waals surface area contributed by atoms with Crippen molar-refractivity contribution in [2.24, 2.45) is 17.8 Å². The molecular weight excluding hydrogens is 554 g/mol. The maximum atomic E-state index is 14.1. The van der Waals surface area contributed by atoms with Crippen LogP contribution in [0.4, 0.5) is 11.4 Å². The van der Waals surface area contributed by atoms with E-state index in [4.69, 9.17) is 9.47 Å². The molecule has 1 fully saturated rings. The second-order valence-corrected chi connectivity index (χ2v) is 11.3. The minimum absolute atomic E-state index is 0.130. The number of hydrogen-bond acceptors (Lipinski definition) is 8. The number of nitrogens with one attached hydrogen (secondary N) is 1. The van der Waals surface area contributed by atoms with E-state index in [-0.39, 0.29) is 29.0 Å². The summed E-state index contributed by atoms with van der Waals surface area (Å²) in [4.78, 5) is 66.1. The van der Waals surface area contributed by atoms with E-state index in [2.05, 4.69) is 5.32 Å². The van der Waals surface area contributed by atoms with Crippen LogP contribution in [0.1, 0.15) is 47.9 Å². The first kappa shape index (κ1) is 28.1. The molecule has 0 aromatic heterocycles. The number of ether oxygens (including phenoxy) is 2. The summed E-state index contributed by atoms with van der Waals surface area (Å²) in [5.74, 6) is -4.79. The molecule has 0 unspecified atom stereocenters. The average molecular weight is 584 g/mol. The lowest BCUT2D eigenvalue weighted by Gasteiger charge is -2.45. The average Bonchev–Trinajstić information content (AvgIpc) is 3.25. The van der Waals surface area contributed by atoms with Crippen molar-refractivity contribution in [1.82, 2.24) is 4.90 Å². The topological polar surface area (TPSA) is 145 Å². The van der Waals surface area contributed by atoms with E-state index in [1.165, 1.54) is 25.3 Å². The molecule has 1 saturated heterocycles. The Morgan fingerprint density at radius 1 is 0.907 bits per heavy atom. The Morgan fingerprint density at radius 3 is 1.86 bits per heavy atom. The third-order valence-electron chi connectivity index (χ3n) is 8.65. The molecule has 7 rings (SSSR count). The number of nitro groups is 1. The molecule has 0 spiro atoms. The number of amides is 3. The number of methoxy groups -OCH3 is 1. The monoisotopic (exact) mass is 583 g/mol. The van der Waals surface area contributed by atoms with Crippen molar-refractivity contribution in [3.05, 3.63) is 99.1 Å². The molecule has 3 atom stereocenters. The molecule has 220 valence electrons. The predicted octanol–water partition coefficient (Wildman–Crippen LogP) is 4.00. The van der Waals surface area contributed by atoms with Gasteiger partial charge in [-0.2, -0.15) is 0 Å². The van der Waals surface area contributed by atoms with Gasteiger partial charge in [0.2, 0.25) is 11.8 Å². The molecule has 43 heavy (non-hydrogen) atoms. The fourth-order valence-corrected chi connectivity index (χ4v) is 6.96. The van der Waals surface area contributed by atoms with Crippen molar-refractivity contribution in [2.75, 3.05) is 19.0 Å². The second kappa shape index (κ2) is 10.6. The normalized spacial score (nSPS) is 22.0. The Kier molecular flexibility index (Phi) is 6.95. The van der Waals surface area contributed by atoms with Crippen LogP contribution < -0.4 is 10.1 Å². The lowest BCUT2D eigenvalue weighted by atomic mass is 9.55. The van der Waals surface area contributed by atoms with E-state index in [0.717, 1.165) is 27.2 Å². The van der Waals surface area contributed by atoms with Crippen LogP contribution >= 0.6 is 0 Å². The number of carbonyl (C=O) groups excluding carboxylic acids is 4. The molecule has 3 aromatic rings. The summed E-state index contributed by atoms with van der Waals surface area (Å²) in [6.07, 6.45) is 0. The summed E-state index contributed by atoms with van der Waals surface area (Å²) < 4.78 is 10.4. The minimum atomic E-state index is -1.25. The third kappa shape index (κ3) is 4.43. The van der Waals surface area contributed by atoms with Gasteiger partial charge in [0.15, 0.2) is 6.61 Å². The van der Waals surface area contributed by atoms with Crippen LogP contribution in [0, 0.1) is 27.9 Å². The summed E-state index contributed by atoms with van der Waals surface area (Å²) in [5.41, 5.74) is 3.57. The maximum Gasteiger partial charge on any atom is 0.330 e. The molecule has 0 saturated carbocycles. The van der Waals surface area contributed by atoms with Crippen LogP contribution in [0.15, 0.2) is 66.7 Å². The number of benzene rings is 3. The molecule has 2 bridgehead atoms. The highest BCUT2D eigenvalue weighted by Gasteiger charge is 2.63. The number of esters is 1. The number of nitrogens with zero attached hydrogens (tertiary/aromatic N) is 2. The van der Waals surface area contributed by atoms with Crippen LogP contribution in [0.3, 0.4) is 0 Å². The molecule has 11 heteroatoms. The molecule has 3 aromatic carbocycles. The minimum Gasteiger partial charge on any atom is -0.497 e. The summed E-state index contributed by atoms with van der Waals surface area (Å²) in [6.45, 7) is 2.63. The van der Waals surface area contributed by atoms with Crippen molar-refractivity contribution < 1.29 is 33.6 Å². The fraction of sp³-hybridized carbons (Fsp3) is 0.312. The maximum absolute atomic E-state index is 14.1. The lowest BCUT2D eigenvalue weighted by molar-refractivity contribution is -0.383. The van der Waals surface area contributed by atoms with Crippen molar-refractivity contribution >= 4 is 35.1 Å². The van der Waals surface area contributed by atoms with Gasteiger partial charge in [-0.25, -0.2) is 4.79 Å². The standard InChI is InChI=1S/C32H29N3O8/c1-16(2)29(32(39)43-15-24(36)33-22-14-17(42-3)12-13-23(22)35(40)41)34-30(37)27-25-18-8-4-5-9-19(18)26(28(27)31(34)38)21-11-7-6-10-20(21)25/h4-14,16,25-29H,15H2,1-3H3,(H,33,36)/t25?,26?,27-,28+,29-/m0/s1. The van der Waals surface area contributed by atoms with Gasteiger partial charge in [-0.05, 0) is 34.2 Å². The number of imide groups is 1. The molecule has 11 nitrogen and oxygen atoms in total. The van der Waals surface area contributed by atoms with Gasteiger partial charge < -0.3 is 14.8 Å². The Bertz CT molecular complexity index is 1570. The van der Waals surface area contributed by atoms with Crippen molar-refractivity contribution in [1.29, 1.82) is 0 Å². The van der Waals surface area contributed by atoms with Crippen LogP contribution in [0.25, 0.3) is 0 Å². The van der Waals surface area contributed by atoms with E-state index in [1.54, 1.807) is 13.8 Å². The Hall–Kier alpha value is -5.06.